The number of hydrogen-bond donors (Lipinski definition) is 3. The zero-order valence-corrected chi connectivity index (χ0v) is 13.2. The molecule has 25 heavy (non-hydrogen) atoms. The van der Waals surface area contributed by atoms with Gasteiger partial charge < -0.3 is 20.3 Å². The predicted octanol–water partition coefficient (Wildman–Crippen LogP) is 0.926. The summed E-state index contributed by atoms with van der Waals surface area (Å²) in [6.45, 7) is -0.129. The van der Waals surface area contributed by atoms with E-state index in [2.05, 4.69) is 5.32 Å². The van der Waals surface area contributed by atoms with Gasteiger partial charge in [-0.25, -0.2) is 4.39 Å². The monoisotopic (exact) mass is 349 g/mol. The molecule has 1 aromatic rings. The second-order valence-electron chi connectivity index (χ2n) is 6.01. The van der Waals surface area contributed by atoms with E-state index in [-0.39, 0.29) is 31.6 Å². The van der Waals surface area contributed by atoms with Gasteiger partial charge in [-0.3, -0.25) is 14.4 Å². The molecule has 7 nitrogen and oxygen atoms in total. The van der Waals surface area contributed by atoms with Crippen molar-refractivity contribution in [1.82, 2.24) is 5.32 Å². The highest BCUT2D eigenvalue weighted by Gasteiger charge is 2.50. The molecular formula is C17H16FNO6. The Labute approximate surface area is 142 Å². The van der Waals surface area contributed by atoms with Crippen molar-refractivity contribution >= 4 is 23.4 Å². The minimum absolute atomic E-state index is 0.0713. The third-order valence-corrected chi connectivity index (χ3v) is 4.62. The van der Waals surface area contributed by atoms with Crippen LogP contribution >= 0.6 is 0 Å². The summed E-state index contributed by atoms with van der Waals surface area (Å²) in [4.78, 5) is 36.0. The Bertz CT molecular complexity index is 794. The molecular weight excluding hydrogens is 333 g/mol. The van der Waals surface area contributed by atoms with Crippen LogP contribution in [0.5, 0.6) is 0 Å². The van der Waals surface area contributed by atoms with Crippen molar-refractivity contribution in [3.05, 3.63) is 40.7 Å². The van der Waals surface area contributed by atoms with Gasteiger partial charge in [-0.15, -0.1) is 0 Å². The average molecular weight is 349 g/mol. The summed E-state index contributed by atoms with van der Waals surface area (Å²) in [5, 5.41) is 21.2. The minimum Gasteiger partial charge on any atom is -0.506 e. The number of carboxylic acid groups (broad SMARTS) is 1. The zero-order chi connectivity index (χ0) is 18.2. The number of amides is 1. The Morgan fingerprint density at radius 3 is 2.60 bits per heavy atom. The van der Waals surface area contributed by atoms with Crippen molar-refractivity contribution in [3.63, 3.8) is 0 Å². The lowest BCUT2D eigenvalue weighted by Gasteiger charge is -2.40. The number of rotatable bonds is 3. The molecule has 1 aliphatic heterocycles. The van der Waals surface area contributed by atoms with Gasteiger partial charge in [0.05, 0.1) is 5.41 Å². The van der Waals surface area contributed by atoms with Gasteiger partial charge in [0.25, 0.3) is 5.91 Å². The Morgan fingerprint density at radius 2 is 1.96 bits per heavy atom. The zero-order valence-electron chi connectivity index (χ0n) is 13.2. The molecule has 0 radical (unpaired) electrons. The van der Waals surface area contributed by atoms with Gasteiger partial charge in [-0.2, -0.15) is 0 Å². The SMILES string of the molecule is O=C(O)CNC(=O)C1=C(O)c2cc(F)ccc2C2(CCOCC2)C1=O. The van der Waals surface area contributed by atoms with Crippen molar-refractivity contribution in [2.24, 2.45) is 0 Å². The normalized spacial score (nSPS) is 18.8. The predicted molar refractivity (Wildman–Crippen MR) is 83.3 cm³/mol. The van der Waals surface area contributed by atoms with Crippen molar-refractivity contribution in [3.8, 4) is 0 Å². The molecule has 1 aromatic carbocycles. The third kappa shape index (κ3) is 2.78. The van der Waals surface area contributed by atoms with Gasteiger partial charge in [-0.1, -0.05) is 6.07 Å². The molecule has 1 saturated heterocycles. The summed E-state index contributed by atoms with van der Waals surface area (Å²) in [5.74, 6) is -4.14. The van der Waals surface area contributed by atoms with Gasteiger partial charge in [-0.05, 0) is 30.5 Å². The van der Waals surface area contributed by atoms with E-state index in [1.807, 2.05) is 0 Å². The van der Waals surface area contributed by atoms with Crippen LogP contribution in [0, 0.1) is 5.82 Å². The summed E-state index contributed by atoms with van der Waals surface area (Å²) in [7, 11) is 0. The quantitative estimate of drug-likeness (QED) is 0.700. The van der Waals surface area contributed by atoms with Crippen molar-refractivity contribution < 1.29 is 33.7 Å². The van der Waals surface area contributed by atoms with Crippen LogP contribution in [0.4, 0.5) is 4.39 Å². The Kier molecular flexibility index (Phi) is 4.30. The Hall–Kier alpha value is -2.74. The van der Waals surface area contributed by atoms with Crippen LogP contribution in [-0.2, 0) is 24.5 Å². The Morgan fingerprint density at radius 1 is 1.28 bits per heavy atom. The van der Waals surface area contributed by atoms with Crippen LogP contribution in [-0.4, -0.2) is 47.6 Å². The number of carbonyl (C=O) groups excluding carboxylic acids is 2. The maximum Gasteiger partial charge on any atom is 0.322 e. The Balaban J connectivity index is 2.14. The molecule has 1 spiro atoms. The van der Waals surface area contributed by atoms with Gasteiger partial charge in [0, 0.05) is 18.8 Å². The van der Waals surface area contributed by atoms with Crippen LogP contribution in [0.15, 0.2) is 23.8 Å². The highest BCUT2D eigenvalue weighted by Crippen LogP contribution is 2.45. The fourth-order valence-corrected chi connectivity index (χ4v) is 3.40. The fraction of sp³-hybridized carbons (Fsp3) is 0.353. The first-order valence-electron chi connectivity index (χ1n) is 7.73. The topological polar surface area (TPSA) is 113 Å². The number of ether oxygens (including phenoxy) is 1. The molecule has 1 fully saturated rings. The second-order valence-corrected chi connectivity index (χ2v) is 6.01. The van der Waals surface area contributed by atoms with E-state index < -0.39 is 46.8 Å². The lowest BCUT2D eigenvalue weighted by atomic mass is 9.64. The number of hydrogen-bond acceptors (Lipinski definition) is 5. The average Bonchev–Trinajstić information content (AvgIpc) is 2.59. The number of Topliss-reactive ketones (excluding diaryl/α,β-unsaturated/α-hetero) is 1. The van der Waals surface area contributed by atoms with E-state index in [0.29, 0.717) is 5.56 Å². The van der Waals surface area contributed by atoms with Crippen LogP contribution in [0.2, 0.25) is 0 Å². The number of nitrogens with one attached hydrogen (secondary N) is 1. The fourth-order valence-electron chi connectivity index (χ4n) is 3.40. The van der Waals surface area contributed by atoms with E-state index >= 15 is 0 Å². The molecule has 0 atom stereocenters. The molecule has 1 amide bonds. The van der Waals surface area contributed by atoms with Crippen LogP contribution in [0.25, 0.3) is 5.76 Å². The van der Waals surface area contributed by atoms with Crippen molar-refractivity contribution in [2.45, 2.75) is 18.3 Å². The maximum absolute atomic E-state index is 13.7. The van der Waals surface area contributed by atoms with E-state index in [4.69, 9.17) is 9.84 Å². The van der Waals surface area contributed by atoms with E-state index in [1.165, 1.54) is 12.1 Å². The summed E-state index contributed by atoms with van der Waals surface area (Å²) < 4.78 is 19.0. The van der Waals surface area contributed by atoms with Crippen LogP contribution in [0.1, 0.15) is 24.0 Å². The third-order valence-electron chi connectivity index (χ3n) is 4.62. The molecule has 1 aliphatic carbocycles. The summed E-state index contributed by atoms with van der Waals surface area (Å²) in [6.07, 6.45) is 0.570. The largest absolute Gasteiger partial charge is 0.506 e. The standard InChI is InChI=1S/C17H16FNO6/c18-9-1-2-11-10(7-9)14(22)13(16(24)19-8-12(20)21)15(23)17(11)3-5-25-6-4-17/h1-2,7,22H,3-6,8H2,(H,19,24)(H,20,21). The molecule has 0 bridgehead atoms. The summed E-state index contributed by atoms with van der Waals surface area (Å²) >= 11 is 0. The number of benzene rings is 1. The number of fused-ring (bicyclic) bond motifs is 2. The highest BCUT2D eigenvalue weighted by atomic mass is 19.1. The number of aliphatic carboxylic acids is 1. The van der Waals surface area contributed by atoms with E-state index in [1.54, 1.807) is 0 Å². The second kappa shape index (κ2) is 6.29. The maximum atomic E-state index is 13.7. The number of carbonyl (C=O) groups is 3. The number of halogens is 1. The van der Waals surface area contributed by atoms with Crippen LogP contribution in [0.3, 0.4) is 0 Å². The lowest BCUT2D eigenvalue weighted by molar-refractivity contribution is -0.138. The molecule has 3 N–H and O–H groups in total. The molecule has 2 aliphatic rings. The van der Waals surface area contributed by atoms with Crippen molar-refractivity contribution in [2.75, 3.05) is 19.8 Å². The van der Waals surface area contributed by atoms with E-state index in [0.717, 1.165) is 6.07 Å². The first kappa shape index (κ1) is 17.1. The summed E-state index contributed by atoms with van der Waals surface area (Å²) in [5.41, 5.74) is -1.11. The number of carboxylic acids is 1. The molecule has 132 valence electrons. The summed E-state index contributed by atoms with van der Waals surface area (Å²) in [6, 6.07) is 3.71. The molecule has 0 saturated carbocycles. The highest BCUT2D eigenvalue weighted by molar-refractivity contribution is 6.28. The smallest absolute Gasteiger partial charge is 0.322 e. The molecule has 1 heterocycles. The number of aliphatic hydroxyl groups is 1. The molecule has 0 aromatic heterocycles. The molecule has 3 rings (SSSR count). The first-order valence-corrected chi connectivity index (χ1v) is 7.73. The first-order chi connectivity index (χ1) is 11.9. The van der Waals surface area contributed by atoms with Gasteiger partial charge >= 0.3 is 5.97 Å². The van der Waals surface area contributed by atoms with Gasteiger partial charge in [0.15, 0.2) is 5.78 Å². The van der Waals surface area contributed by atoms with Gasteiger partial charge in [0.1, 0.15) is 23.7 Å². The lowest BCUT2D eigenvalue weighted by Crippen LogP contribution is -2.48. The van der Waals surface area contributed by atoms with Crippen LogP contribution < -0.4 is 5.32 Å². The van der Waals surface area contributed by atoms with E-state index in [9.17, 15) is 23.9 Å². The number of aliphatic hydroxyl groups excluding tert-OH is 1. The van der Waals surface area contributed by atoms with Crippen molar-refractivity contribution in [1.29, 1.82) is 0 Å². The minimum atomic E-state index is -1.29. The number of ketones is 1. The molecule has 8 heteroatoms. The molecule has 0 unspecified atom stereocenters. The van der Waals surface area contributed by atoms with Gasteiger partial charge in [0.2, 0.25) is 0 Å².